The molecule has 1 aromatic carbocycles. The molecule has 0 radical (unpaired) electrons. The van der Waals surface area contributed by atoms with Gasteiger partial charge in [-0.3, -0.25) is 19.2 Å². The SMILES string of the molecule is CC(C)[C@@H](Cn1ccnn1)NS(=O)(=O)c1ccc(N2C(=O)CCC2=O)cc1. The summed E-state index contributed by atoms with van der Waals surface area (Å²) >= 11 is 0. The number of carbonyl (C=O) groups is 2. The van der Waals surface area contributed by atoms with Gasteiger partial charge in [0, 0.05) is 25.1 Å². The van der Waals surface area contributed by atoms with Crippen LogP contribution in [0.25, 0.3) is 0 Å². The van der Waals surface area contributed by atoms with Crippen molar-refractivity contribution in [2.75, 3.05) is 4.90 Å². The molecule has 1 aromatic heterocycles. The first-order valence-electron chi connectivity index (χ1n) is 8.60. The zero-order valence-corrected chi connectivity index (χ0v) is 15.9. The summed E-state index contributed by atoms with van der Waals surface area (Å²) in [4.78, 5) is 24.8. The Morgan fingerprint density at radius 1 is 1.11 bits per heavy atom. The lowest BCUT2D eigenvalue weighted by atomic mass is 10.1. The molecule has 2 amide bonds. The van der Waals surface area contributed by atoms with Gasteiger partial charge in [-0.15, -0.1) is 5.10 Å². The van der Waals surface area contributed by atoms with Crippen LogP contribution in [0.5, 0.6) is 0 Å². The summed E-state index contributed by atoms with van der Waals surface area (Å²) in [5, 5.41) is 7.60. The molecule has 0 spiro atoms. The van der Waals surface area contributed by atoms with Crippen LogP contribution in [-0.4, -0.2) is 41.3 Å². The lowest BCUT2D eigenvalue weighted by Gasteiger charge is -2.22. The molecular weight excluding hydrogens is 370 g/mol. The van der Waals surface area contributed by atoms with Crippen LogP contribution in [0.2, 0.25) is 0 Å². The zero-order chi connectivity index (χ0) is 19.6. The molecule has 2 aromatic rings. The van der Waals surface area contributed by atoms with Crippen molar-refractivity contribution in [2.45, 2.75) is 44.2 Å². The molecule has 2 heterocycles. The molecule has 144 valence electrons. The number of aromatic nitrogens is 3. The van der Waals surface area contributed by atoms with Crippen molar-refractivity contribution in [3.8, 4) is 0 Å². The molecule has 1 fully saturated rings. The second kappa shape index (κ2) is 7.57. The number of nitrogens with one attached hydrogen (secondary N) is 1. The minimum Gasteiger partial charge on any atom is -0.274 e. The summed E-state index contributed by atoms with van der Waals surface area (Å²) in [6, 6.07) is 5.35. The standard InChI is InChI=1S/C17H21N5O4S/c1-12(2)15(11-21-10-9-18-20-21)19-27(25,26)14-5-3-13(4-6-14)22-16(23)7-8-17(22)24/h3-6,9-10,12,15,19H,7-8,11H2,1-2H3/t15-/m1/s1. The van der Waals surface area contributed by atoms with Crippen LogP contribution in [-0.2, 0) is 26.2 Å². The van der Waals surface area contributed by atoms with E-state index in [2.05, 4.69) is 15.0 Å². The molecule has 1 aliphatic heterocycles. The van der Waals surface area contributed by atoms with E-state index in [1.54, 1.807) is 10.9 Å². The van der Waals surface area contributed by atoms with Crippen molar-refractivity contribution in [2.24, 2.45) is 5.92 Å². The zero-order valence-electron chi connectivity index (χ0n) is 15.1. The van der Waals surface area contributed by atoms with Crippen molar-refractivity contribution in [1.82, 2.24) is 19.7 Å². The quantitative estimate of drug-likeness (QED) is 0.703. The van der Waals surface area contributed by atoms with E-state index in [1.165, 1.54) is 30.5 Å². The van der Waals surface area contributed by atoms with E-state index in [4.69, 9.17) is 0 Å². The second-order valence-corrected chi connectivity index (χ2v) is 8.43. The van der Waals surface area contributed by atoms with Crippen LogP contribution in [0.1, 0.15) is 26.7 Å². The first-order valence-corrected chi connectivity index (χ1v) is 10.1. The first-order chi connectivity index (χ1) is 12.8. The molecule has 27 heavy (non-hydrogen) atoms. The van der Waals surface area contributed by atoms with E-state index in [9.17, 15) is 18.0 Å². The minimum atomic E-state index is -3.77. The third kappa shape index (κ3) is 4.22. The van der Waals surface area contributed by atoms with Crippen molar-refractivity contribution >= 4 is 27.5 Å². The maximum Gasteiger partial charge on any atom is 0.240 e. The summed E-state index contributed by atoms with van der Waals surface area (Å²) in [5.41, 5.74) is 0.379. The predicted molar refractivity (Wildman–Crippen MR) is 97.1 cm³/mol. The van der Waals surface area contributed by atoms with E-state index in [0.29, 0.717) is 12.2 Å². The number of carbonyl (C=O) groups excluding carboxylic acids is 2. The molecule has 10 heteroatoms. The van der Waals surface area contributed by atoms with Gasteiger partial charge in [0.05, 0.1) is 23.3 Å². The number of rotatable bonds is 7. The van der Waals surface area contributed by atoms with Gasteiger partial charge >= 0.3 is 0 Å². The van der Waals surface area contributed by atoms with E-state index in [-0.39, 0.29) is 41.5 Å². The van der Waals surface area contributed by atoms with E-state index < -0.39 is 10.0 Å². The number of hydrogen-bond donors (Lipinski definition) is 1. The molecule has 3 rings (SSSR count). The first kappa shape index (κ1) is 19.2. The Bertz CT molecular complexity index is 907. The number of hydrogen-bond acceptors (Lipinski definition) is 6. The maximum atomic E-state index is 12.7. The minimum absolute atomic E-state index is 0.0306. The molecule has 0 aliphatic carbocycles. The Morgan fingerprint density at radius 2 is 1.74 bits per heavy atom. The maximum absolute atomic E-state index is 12.7. The summed E-state index contributed by atoms with van der Waals surface area (Å²) in [7, 11) is -3.77. The lowest BCUT2D eigenvalue weighted by molar-refractivity contribution is -0.121. The number of anilines is 1. The lowest BCUT2D eigenvalue weighted by Crippen LogP contribution is -2.41. The van der Waals surface area contributed by atoms with Crippen LogP contribution in [0, 0.1) is 5.92 Å². The monoisotopic (exact) mass is 391 g/mol. The molecule has 9 nitrogen and oxygen atoms in total. The molecular formula is C17H21N5O4S. The summed E-state index contributed by atoms with van der Waals surface area (Å²) in [5.74, 6) is -0.522. The Balaban J connectivity index is 1.77. The highest BCUT2D eigenvalue weighted by atomic mass is 32.2. The van der Waals surface area contributed by atoms with Gasteiger partial charge in [-0.1, -0.05) is 19.1 Å². The number of benzene rings is 1. The van der Waals surface area contributed by atoms with Crippen molar-refractivity contribution in [1.29, 1.82) is 0 Å². The molecule has 1 atom stereocenters. The van der Waals surface area contributed by atoms with Crippen LogP contribution in [0.15, 0.2) is 41.6 Å². The van der Waals surface area contributed by atoms with Gasteiger partial charge in [0.2, 0.25) is 21.8 Å². The number of amides is 2. The normalized spacial score (nSPS) is 16.3. The van der Waals surface area contributed by atoms with Gasteiger partial charge < -0.3 is 0 Å². The highest BCUT2D eigenvalue weighted by Crippen LogP contribution is 2.24. The number of nitrogens with zero attached hydrogens (tertiary/aromatic N) is 4. The van der Waals surface area contributed by atoms with E-state index in [1.807, 2.05) is 13.8 Å². The average Bonchev–Trinajstić information content (AvgIpc) is 3.24. The fraction of sp³-hybridized carbons (Fsp3) is 0.412. The highest BCUT2D eigenvalue weighted by Gasteiger charge is 2.30. The van der Waals surface area contributed by atoms with Crippen LogP contribution in [0.4, 0.5) is 5.69 Å². The van der Waals surface area contributed by atoms with Crippen molar-refractivity contribution in [3.05, 3.63) is 36.7 Å². The van der Waals surface area contributed by atoms with Crippen LogP contribution >= 0.6 is 0 Å². The molecule has 1 N–H and O–H groups in total. The molecule has 0 unspecified atom stereocenters. The summed E-state index contributed by atoms with van der Waals surface area (Å²) in [6.45, 7) is 4.18. The fourth-order valence-electron chi connectivity index (χ4n) is 2.82. The Labute approximate surface area is 157 Å². The van der Waals surface area contributed by atoms with Gasteiger partial charge in [-0.05, 0) is 30.2 Å². The van der Waals surface area contributed by atoms with Crippen molar-refractivity contribution < 1.29 is 18.0 Å². The van der Waals surface area contributed by atoms with E-state index in [0.717, 1.165) is 4.90 Å². The Morgan fingerprint density at radius 3 is 2.26 bits per heavy atom. The van der Waals surface area contributed by atoms with Gasteiger partial charge in [-0.2, -0.15) is 0 Å². The molecule has 1 aliphatic rings. The molecule has 0 bridgehead atoms. The van der Waals surface area contributed by atoms with Crippen molar-refractivity contribution in [3.63, 3.8) is 0 Å². The Kier molecular flexibility index (Phi) is 5.38. The largest absolute Gasteiger partial charge is 0.274 e. The number of imide groups is 1. The van der Waals surface area contributed by atoms with Gasteiger partial charge in [-0.25, -0.2) is 13.1 Å². The number of sulfonamides is 1. The van der Waals surface area contributed by atoms with Crippen LogP contribution in [0.3, 0.4) is 0 Å². The van der Waals surface area contributed by atoms with E-state index >= 15 is 0 Å². The average molecular weight is 391 g/mol. The smallest absolute Gasteiger partial charge is 0.240 e. The highest BCUT2D eigenvalue weighted by molar-refractivity contribution is 7.89. The third-order valence-corrected chi connectivity index (χ3v) is 5.93. The van der Waals surface area contributed by atoms with Gasteiger partial charge in [0.15, 0.2) is 0 Å². The fourth-order valence-corrected chi connectivity index (χ4v) is 4.20. The molecule has 0 saturated carbocycles. The second-order valence-electron chi connectivity index (χ2n) is 6.71. The Hall–Kier alpha value is -2.59. The molecule has 1 saturated heterocycles. The summed E-state index contributed by atoms with van der Waals surface area (Å²) < 4.78 is 29.7. The van der Waals surface area contributed by atoms with Gasteiger partial charge in [0.1, 0.15) is 0 Å². The predicted octanol–water partition coefficient (Wildman–Crippen LogP) is 0.935. The summed E-state index contributed by atoms with van der Waals surface area (Å²) in [6.07, 6.45) is 3.56. The van der Waals surface area contributed by atoms with Crippen LogP contribution < -0.4 is 9.62 Å². The van der Waals surface area contributed by atoms with Gasteiger partial charge in [0.25, 0.3) is 0 Å². The third-order valence-electron chi connectivity index (χ3n) is 4.42. The topological polar surface area (TPSA) is 114 Å².